The maximum atomic E-state index is 13.2. The molecule has 1 aromatic carbocycles. The van der Waals surface area contributed by atoms with Gasteiger partial charge in [0, 0.05) is 6.07 Å². The van der Waals surface area contributed by atoms with Crippen LogP contribution in [0.4, 0.5) is 4.39 Å². The topological polar surface area (TPSA) is 52.8 Å². The largest absolute Gasteiger partial charge is 0.494 e. The summed E-state index contributed by atoms with van der Waals surface area (Å²) in [6.45, 7) is 4.00. The van der Waals surface area contributed by atoms with Crippen molar-refractivity contribution in [3.63, 3.8) is 0 Å². The maximum absolute atomic E-state index is 13.2. The number of fused-ring (bicyclic) bond motifs is 1. The average molecular weight is 343 g/mol. The van der Waals surface area contributed by atoms with Crippen LogP contribution in [0.1, 0.15) is 13.8 Å². The van der Waals surface area contributed by atoms with Crippen molar-refractivity contribution in [1.82, 2.24) is 19.7 Å². The monoisotopic (exact) mass is 342 g/mol. The van der Waals surface area contributed by atoms with Crippen LogP contribution in [0, 0.1) is 5.82 Å². The summed E-state index contributed by atoms with van der Waals surface area (Å²) in [5.41, 5.74) is 0.939. The summed E-state index contributed by atoms with van der Waals surface area (Å²) in [5, 5.41) is 4.92. The summed E-state index contributed by atoms with van der Waals surface area (Å²) in [5.74, 6) is -0.0893. The first-order valence-electron chi connectivity index (χ1n) is 6.51. The average Bonchev–Trinajstić information content (AvgIpc) is 2.93. The molecule has 0 amide bonds. The molecule has 116 valence electrons. The van der Waals surface area contributed by atoms with Gasteiger partial charge in [-0.25, -0.2) is 14.1 Å². The highest BCUT2D eigenvalue weighted by Crippen LogP contribution is 2.28. The molecule has 0 aliphatic rings. The molecule has 0 saturated carbocycles. The molecule has 22 heavy (non-hydrogen) atoms. The fourth-order valence-corrected chi connectivity index (χ4v) is 2.27. The van der Waals surface area contributed by atoms with E-state index < -0.39 is 5.82 Å². The Labute approximate surface area is 136 Å². The van der Waals surface area contributed by atoms with Gasteiger partial charge in [0.25, 0.3) is 0 Å². The van der Waals surface area contributed by atoms with Gasteiger partial charge in [0.1, 0.15) is 22.4 Å². The summed E-state index contributed by atoms with van der Waals surface area (Å²) >= 11 is 11.8. The summed E-state index contributed by atoms with van der Waals surface area (Å²) < 4.78 is 19.9. The third-order valence-electron chi connectivity index (χ3n) is 2.72. The molecule has 3 aromatic rings. The van der Waals surface area contributed by atoms with Crippen molar-refractivity contribution >= 4 is 34.2 Å². The minimum absolute atomic E-state index is 0.00493. The Morgan fingerprint density at radius 3 is 2.59 bits per heavy atom. The molecule has 0 fully saturated rings. The van der Waals surface area contributed by atoms with Crippen molar-refractivity contribution in [2.24, 2.45) is 0 Å². The second kappa shape index (κ2) is 6.89. The number of methoxy groups -OCH3 is 1. The van der Waals surface area contributed by atoms with Crippen LogP contribution in [-0.4, -0.2) is 26.9 Å². The van der Waals surface area contributed by atoms with Crippen LogP contribution in [0.25, 0.3) is 16.7 Å². The third-order valence-corrected chi connectivity index (χ3v) is 3.18. The Balaban J connectivity index is 0.000000847. The number of benzene rings is 1. The first kappa shape index (κ1) is 16.5. The van der Waals surface area contributed by atoms with Gasteiger partial charge < -0.3 is 4.74 Å². The summed E-state index contributed by atoms with van der Waals surface area (Å²) in [7, 11) is 1.44. The summed E-state index contributed by atoms with van der Waals surface area (Å²) in [6.07, 6.45) is 1.51. The molecule has 5 nitrogen and oxygen atoms in total. The lowest BCUT2D eigenvalue weighted by molar-refractivity contribution is 0.408. The van der Waals surface area contributed by atoms with Crippen LogP contribution in [0.5, 0.6) is 5.75 Å². The van der Waals surface area contributed by atoms with Gasteiger partial charge in [0.05, 0.1) is 18.7 Å². The minimum Gasteiger partial charge on any atom is -0.494 e. The van der Waals surface area contributed by atoms with Crippen molar-refractivity contribution in [3.8, 4) is 11.4 Å². The quantitative estimate of drug-likeness (QED) is 0.514. The molecule has 8 heteroatoms. The molecule has 2 heterocycles. The molecule has 0 saturated heterocycles. The number of ether oxygens (including phenoxy) is 1. The molecule has 0 radical (unpaired) electrons. The molecule has 3 rings (SSSR count). The highest BCUT2D eigenvalue weighted by molar-refractivity contribution is 6.35. The molecule has 0 aliphatic carbocycles. The first-order valence-corrected chi connectivity index (χ1v) is 7.26. The number of aromatic nitrogens is 4. The van der Waals surface area contributed by atoms with Crippen LogP contribution >= 0.6 is 23.2 Å². The zero-order valence-electron chi connectivity index (χ0n) is 12.1. The molecule has 2 aromatic heterocycles. The first-order chi connectivity index (χ1) is 10.6. The van der Waals surface area contributed by atoms with Gasteiger partial charge >= 0.3 is 0 Å². The predicted octanol–water partition coefficient (Wildman–Crippen LogP) is 4.30. The zero-order chi connectivity index (χ0) is 16.3. The Morgan fingerprint density at radius 2 is 1.91 bits per heavy atom. The number of hydrogen-bond acceptors (Lipinski definition) is 4. The highest BCUT2D eigenvalue weighted by Gasteiger charge is 2.15. The summed E-state index contributed by atoms with van der Waals surface area (Å²) in [6, 6.07) is 4.09. The van der Waals surface area contributed by atoms with Gasteiger partial charge in [-0.3, -0.25) is 0 Å². The van der Waals surface area contributed by atoms with Gasteiger partial charge in [-0.1, -0.05) is 25.4 Å². The van der Waals surface area contributed by atoms with E-state index in [0.717, 1.165) is 0 Å². The summed E-state index contributed by atoms with van der Waals surface area (Å²) in [4.78, 5) is 7.93. The van der Waals surface area contributed by atoms with Crippen molar-refractivity contribution in [3.05, 3.63) is 40.6 Å². The molecule has 0 aliphatic heterocycles. The number of halogens is 3. The molecular formula is C14H13Cl2FN4O. The van der Waals surface area contributed by atoms with E-state index in [1.807, 2.05) is 13.8 Å². The van der Waals surface area contributed by atoms with Gasteiger partial charge in [-0.05, 0) is 23.7 Å². The van der Waals surface area contributed by atoms with Gasteiger partial charge in [-0.2, -0.15) is 10.1 Å². The Kier molecular flexibility index (Phi) is 5.15. The Bertz CT molecular complexity index is 807. The van der Waals surface area contributed by atoms with E-state index in [0.29, 0.717) is 22.5 Å². The lowest BCUT2D eigenvalue weighted by atomic mass is 10.3. The zero-order valence-corrected chi connectivity index (χ0v) is 13.7. The molecule has 0 spiro atoms. The van der Waals surface area contributed by atoms with Crippen LogP contribution in [0.3, 0.4) is 0 Å². The number of nitrogens with zero attached hydrogens (tertiary/aromatic N) is 4. The van der Waals surface area contributed by atoms with Gasteiger partial charge in [0.15, 0.2) is 5.65 Å². The second-order valence-corrected chi connectivity index (χ2v) is 4.59. The third kappa shape index (κ3) is 2.98. The predicted molar refractivity (Wildman–Crippen MR) is 84.5 cm³/mol. The van der Waals surface area contributed by atoms with Gasteiger partial charge in [0.2, 0.25) is 5.28 Å². The van der Waals surface area contributed by atoms with E-state index in [4.69, 9.17) is 27.9 Å². The van der Waals surface area contributed by atoms with E-state index in [1.54, 1.807) is 0 Å². The molecule has 0 N–H and O–H groups in total. The molecule has 0 unspecified atom stereocenters. The van der Waals surface area contributed by atoms with Crippen LogP contribution in [0.2, 0.25) is 10.4 Å². The van der Waals surface area contributed by atoms with Crippen molar-refractivity contribution < 1.29 is 9.13 Å². The van der Waals surface area contributed by atoms with Crippen LogP contribution in [-0.2, 0) is 0 Å². The van der Waals surface area contributed by atoms with E-state index in [9.17, 15) is 4.39 Å². The Hall–Kier alpha value is -1.92. The van der Waals surface area contributed by atoms with Crippen molar-refractivity contribution in [2.75, 3.05) is 7.11 Å². The minimum atomic E-state index is -0.409. The van der Waals surface area contributed by atoms with Crippen LogP contribution in [0.15, 0.2) is 24.4 Å². The van der Waals surface area contributed by atoms with E-state index >= 15 is 0 Å². The van der Waals surface area contributed by atoms with E-state index in [2.05, 4.69) is 15.1 Å². The van der Waals surface area contributed by atoms with Gasteiger partial charge in [-0.15, -0.1) is 0 Å². The lowest BCUT2D eigenvalue weighted by Gasteiger charge is -2.09. The Morgan fingerprint density at radius 1 is 1.18 bits per heavy atom. The van der Waals surface area contributed by atoms with Crippen molar-refractivity contribution in [1.29, 1.82) is 0 Å². The fraction of sp³-hybridized carbons (Fsp3) is 0.214. The number of rotatable bonds is 2. The SMILES string of the molecule is CC.COc1cc(F)ccc1-n1ncc2c(Cl)nc(Cl)nc21. The van der Waals surface area contributed by atoms with Crippen molar-refractivity contribution in [2.45, 2.75) is 13.8 Å². The van der Waals surface area contributed by atoms with E-state index in [1.165, 1.54) is 36.2 Å². The molecule has 0 atom stereocenters. The smallest absolute Gasteiger partial charge is 0.225 e. The van der Waals surface area contributed by atoms with E-state index in [-0.39, 0.29) is 10.4 Å². The standard InChI is InChI=1S/C12H7Cl2FN4O.C2H6/c1-20-9-4-6(15)2-3-8(9)19-11-7(5-16-19)10(13)17-12(14)18-11;1-2/h2-5H,1H3;1-2H3. The maximum Gasteiger partial charge on any atom is 0.225 e. The number of hydrogen-bond donors (Lipinski definition) is 0. The second-order valence-electron chi connectivity index (χ2n) is 3.89. The van der Waals surface area contributed by atoms with Crippen LogP contribution < -0.4 is 4.74 Å². The molecule has 0 bridgehead atoms. The highest BCUT2D eigenvalue weighted by atomic mass is 35.5. The normalized spacial score (nSPS) is 10.3. The molecular weight excluding hydrogens is 330 g/mol. The lowest BCUT2D eigenvalue weighted by Crippen LogP contribution is -2.01. The fourth-order valence-electron chi connectivity index (χ4n) is 1.85.